The lowest BCUT2D eigenvalue weighted by molar-refractivity contribution is 0.0195. The molecule has 128 valence electrons. The van der Waals surface area contributed by atoms with Crippen LogP contribution >= 0.6 is 0 Å². The number of hydrogen-bond donors (Lipinski definition) is 1. The van der Waals surface area contributed by atoms with E-state index in [0.29, 0.717) is 19.6 Å². The minimum atomic E-state index is -3.25. The van der Waals surface area contributed by atoms with Crippen molar-refractivity contribution in [3.63, 3.8) is 0 Å². The number of piperazine rings is 1. The first-order chi connectivity index (χ1) is 10.6. The summed E-state index contributed by atoms with van der Waals surface area (Å²) in [6, 6.07) is 6.71. The number of nitrogens with zero attached hydrogens (tertiary/aromatic N) is 1. The van der Waals surface area contributed by atoms with Gasteiger partial charge in [-0.2, -0.15) is 0 Å². The van der Waals surface area contributed by atoms with Gasteiger partial charge in [0.1, 0.15) is 5.60 Å². The lowest BCUT2D eigenvalue weighted by atomic mass is 10.0. The molecule has 1 aromatic rings. The highest BCUT2D eigenvalue weighted by Crippen LogP contribution is 2.22. The maximum atomic E-state index is 12.2. The highest BCUT2D eigenvalue weighted by Gasteiger charge is 2.28. The van der Waals surface area contributed by atoms with Gasteiger partial charge in [0, 0.05) is 25.9 Å². The Morgan fingerprint density at radius 3 is 2.65 bits per heavy atom. The van der Waals surface area contributed by atoms with Gasteiger partial charge in [-0.15, -0.1) is 0 Å². The Labute approximate surface area is 137 Å². The van der Waals surface area contributed by atoms with E-state index in [1.54, 1.807) is 23.1 Å². The number of benzene rings is 1. The van der Waals surface area contributed by atoms with Gasteiger partial charge in [0.25, 0.3) is 0 Å². The summed E-state index contributed by atoms with van der Waals surface area (Å²) in [6.07, 6.45) is 0.844. The first-order valence-electron chi connectivity index (χ1n) is 7.57. The molecule has 6 nitrogen and oxygen atoms in total. The van der Waals surface area contributed by atoms with E-state index >= 15 is 0 Å². The number of amides is 1. The van der Waals surface area contributed by atoms with Crippen molar-refractivity contribution < 1.29 is 17.9 Å². The largest absolute Gasteiger partial charge is 0.444 e. The Balaban J connectivity index is 2.14. The molecule has 2 rings (SSSR count). The molecule has 23 heavy (non-hydrogen) atoms. The third-order valence-electron chi connectivity index (χ3n) is 3.52. The summed E-state index contributed by atoms with van der Waals surface area (Å²) in [4.78, 5) is 14.1. The molecule has 1 atom stereocenters. The van der Waals surface area contributed by atoms with Crippen molar-refractivity contribution in [2.24, 2.45) is 0 Å². The normalized spacial score (nSPS) is 19.5. The Morgan fingerprint density at radius 1 is 1.35 bits per heavy atom. The number of sulfone groups is 1. The third kappa shape index (κ3) is 4.94. The van der Waals surface area contributed by atoms with E-state index in [1.807, 2.05) is 26.8 Å². The fourth-order valence-corrected chi connectivity index (χ4v) is 3.10. The van der Waals surface area contributed by atoms with Gasteiger partial charge in [0.15, 0.2) is 9.84 Å². The Hall–Kier alpha value is -1.60. The monoisotopic (exact) mass is 340 g/mol. The van der Waals surface area contributed by atoms with Crippen LogP contribution in [0.3, 0.4) is 0 Å². The predicted molar refractivity (Wildman–Crippen MR) is 88.1 cm³/mol. The molecule has 1 saturated heterocycles. The fraction of sp³-hybridized carbons (Fsp3) is 0.562. The molecule has 0 spiro atoms. The van der Waals surface area contributed by atoms with Crippen LogP contribution in [0, 0.1) is 0 Å². The van der Waals surface area contributed by atoms with Crippen LogP contribution in [0.25, 0.3) is 0 Å². The van der Waals surface area contributed by atoms with E-state index in [0.717, 1.165) is 5.56 Å². The maximum Gasteiger partial charge on any atom is 0.410 e. The molecule has 0 saturated carbocycles. The van der Waals surface area contributed by atoms with Gasteiger partial charge in [-0.05, 0) is 38.5 Å². The van der Waals surface area contributed by atoms with Crippen LogP contribution in [-0.4, -0.2) is 50.9 Å². The van der Waals surface area contributed by atoms with Gasteiger partial charge in [0.2, 0.25) is 0 Å². The van der Waals surface area contributed by atoms with Crippen LogP contribution in [0.5, 0.6) is 0 Å². The van der Waals surface area contributed by atoms with Gasteiger partial charge < -0.3 is 15.0 Å². The maximum absolute atomic E-state index is 12.2. The first-order valence-corrected chi connectivity index (χ1v) is 9.47. The van der Waals surface area contributed by atoms with Crippen molar-refractivity contribution in [3.8, 4) is 0 Å². The lowest BCUT2D eigenvalue weighted by Gasteiger charge is -2.35. The summed E-state index contributed by atoms with van der Waals surface area (Å²) < 4.78 is 28.8. The molecule has 1 aliphatic rings. The standard InChI is InChI=1S/C16H24N2O4S/c1-16(2,3)22-15(19)18-9-8-17-14(11-18)12-6-5-7-13(10-12)23(4,20)21/h5-7,10,14,17H,8-9,11H2,1-4H3. The molecule has 7 heteroatoms. The minimum Gasteiger partial charge on any atom is -0.444 e. The van der Waals surface area contributed by atoms with Crippen molar-refractivity contribution in [1.29, 1.82) is 0 Å². The fourth-order valence-electron chi connectivity index (χ4n) is 2.43. The zero-order chi connectivity index (χ0) is 17.3. The minimum absolute atomic E-state index is 0.113. The lowest BCUT2D eigenvalue weighted by Crippen LogP contribution is -2.49. The summed E-state index contributed by atoms with van der Waals surface area (Å²) in [6.45, 7) is 7.15. The topological polar surface area (TPSA) is 75.7 Å². The summed E-state index contributed by atoms with van der Waals surface area (Å²) >= 11 is 0. The second kappa shape index (κ2) is 6.49. The Kier molecular flexibility index (Phi) is 5.01. The first kappa shape index (κ1) is 17.7. The van der Waals surface area contributed by atoms with E-state index in [1.165, 1.54) is 6.26 Å². The second-order valence-corrected chi connectivity index (χ2v) is 8.79. The van der Waals surface area contributed by atoms with Crippen LogP contribution in [-0.2, 0) is 14.6 Å². The molecule has 1 unspecified atom stereocenters. The molecule has 1 aliphatic heterocycles. The second-order valence-electron chi connectivity index (χ2n) is 6.78. The van der Waals surface area contributed by atoms with Crippen LogP contribution < -0.4 is 5.32 Å². The quantitative estimate of drug-likeness (QED) is 0.891. The zero-order valence-electron chi connectivity index (χ0n) is 14.0. The van der Waals surface area contributed by atoms with E-state index in [2.05, 4.69) is 5.32 Å². The van der Waals surface area contributed by atoms with Crippen molar-refractivity contribution in [3.05, 3.63) is 29.8 Å². The van der Waals surface area contributed by atoms with Gasteiger partial charge in [-0.3, -0.25) is 0 Å². The highest BCUT2D eigenvalue weighted by molar-refractivity contribution is 7.90. The van der Waals surface area contributed by atoms with Gasteiger partial charge in [0.05, 0.1) is 10.9 Å². The van der Waals surface area contributed by atoms with Crippen LogP contribution in [0.15, 0.2) is 29.2 Å². The molecule has 0 bridgehead atoms. The van der Waals surface area contributed by atoms with Crippen LogP contribution in [0.1, 0.15) is 32.4 Å². The molecule has 0 aromatic heterocycles. The van der Waals surface area contributed by atoms with Crippen molar-refractivity contribution in [2.75, 3.05) is 25.9 Å². The van der Waals surface area contributed by atoms with Gasteiger partial charge >= 0.3 is 6.09 Å². The molecule has 0 aliphatic carbocycles. The number of carbonyl (C=O) groups excluding carboxylic acids is 1. The van der Waals surface area contributed by atoms with Crippen LogP contribution in [0.4, 0.5) is 4.79 Å². The highest BCUT2D eigenvalue weighted by atomic mass is 32.2. The molecule has 0 radical (unpaired) electrons. The van der Waals surface area contributed by atoms with Crippen molar-refractivity contribution in [2.45, 2.75) is 37.3 Å². The molecular formula is C16H24N2O4S. The molecule has 1 fully saturated rings. The molecule has 1 aromatic carbocycles. The van der Waals surface area contributed by atoms with E-state index in [4.69, 9.17) is 4.74 Å². The average molecular weight is 340 g/mol. The molecule has 1 N–H and O–H groups in total. The zero-order valence-corrected chi connectivity index (χ0v) is 14.8. The number of rotatable bonds is 2. The molecule has 1 amide bonds. The van der Waals surface area contributed by atoms with E-state index < -0.39 is 15.4 Å². The summed E-state index contributed by atoms with van der Waals surface area (Å²) in [5.41, 5.74) is 0.314. The number of carbonyl (C=O) groups is 1. The smallest absolute Gasteiger partial charge is 0.410 e. The molecule has 1 heterocycles. The SMILES string of the molecule is CC(C)(C)OC(=O)N1CCNC(c2cccc(S(C)(=O)=O)c2)C1. The van der Waals surface area contributed by atoms with Gasteiger partial charge in [-0.25, -0.2) is 13.2 Å². The third-order valence-corrected chi connectivity index (χ3v) is 4.63. The average Bonchev–Trinajstić information content (AvgIpc) is 2.45. The number of hydrogen-bond acceptors (Lipinski definition) is 5. The predicted octanol–water partition coefficient (Wildman–Crippen LogP) is 1.97. The number of nitrogens with one attached hydrogen (secondary N) is 1. The molecular weight excluding hydrogens is 316 g/mol. The summed E-state index contributed by atoms with van der Waals surface area (Å²) in [5, 5.41) is 3.32. The van der Waals surface area contributed by atoms with E-state index in [-0.39, 0.29) is 17.0 Å². The summed E-state index contributed by atoms with van der Waals surface area (Å²) in [7, 11) is -3.25. The summed E-state index contributed by atoms with van der Waals surface area (Å²) in [5.74, 6) is 0. The van der Waals surface area contributed by atoms with Crippen molar-refractivity contribution in [1.82, 2.24) is 10.2 Å². The Morgan fingerprint density at radius 2 is 2.04 bits per heavy atom. The van der Waals surface area contributed by atoms with Crippen molar-refractivity contribution >= 4 is 15.9 Å². The van der Waals surface area contributed by atoms with Gasteiger partial charge in [-0.1, -0.05) is 12.1 Å². The number of ether oxygens (including phenoxy) is 1. The Bertz CT molecular complexity index is 680. The van der Waals surface area contributed by atoms with E-state index in [9.17, 15) is 13.2 Å². The van der Waals surface area contributed by atoms with Crippen LogP contribution in [0.2, 0.25) is 0 Å².